The van der Waals surface area contributed by atoms with Crippen LogP contribution in [0.2, 0.25) is 4.34 Å². The van der Waals surface area contributed by atoms with Crippen LogP contribution in [0.5, 0.6) is 0 Å². The number of rotatable bonds is 7. The van der Waals surface area contributed by atoms with Gasteiger partial charge in [0.15, 0.2) is 0 Å². The Morgan fingerprint density at radius 2 is 2.19 bits per heavy atom. The van der Waals surface area contributed by atoms with Crippen LogP contribution in [0.15, 0.2) is 12.1 Å². The van der Waals surface area contributed by atoms with Crippen LogP contribution in [0, 0.1) is 0 Å². The normalized spacial score (nSPS) is 15.0. The summed E-state index contributed by atoms with van der Waals surface area (Å²) in [6.07, 6.45) is 0.783. The zero-order valence-corrected chi connectivity index (χ0v) is 11.2. The molecule has 0 fully saturated rings. The van der Waals surface area contributed by atoms with Gasteiger partial charge in [-0.25, -0.2) is 0 Å². The number of hydrogen-bond acceptors (Lipinski definition) is 4. The van der Waals surface area contributed by atoms with E-state index in [0.717, 1.165) is 15.6 Å². The minimum absolute atomic E-state index is 0.00780. The molecule has 1 heterocycles. The summed E-state index contributed by atoms with van der Waals surface area (Å²) in [4.78, 5) is 1.08. The van der Waals surface area contributed by atoms with Crippen LogP contribution < -0.4 is 5.73 Å². The van der Waals surface area contributed by atoms with Crippen molar-refractivity contribution in [1.29, 1.82) is 0 Å². The topological polar surface area (TPSA) is 44.5 Å². The van der Waals surface area contributed by atoms with E-state index in [1.807, 2.05) is 19.1 Å². The first kappa shape index (κ1) is 13.9. The second-order valence-corrected chi connectivity index (χ2v) is 5.24. The van der Waals surface area contributed by atoms with Crippen LogP contribution in [0.1, 0.15) is 24.3 Å². The Labute approximate surface area is 105 Å². The van der Waals surface area contributed by atoms with E-state index in [1.165, 1.54) is 11.3 Å². The van der Waals surface area contributed by atoms with Crippen molar-refractivity contribution >= 4 is 22.9 Å². The molecule has 0 radical (unpaired) electrons. The van der Waals surface area contributed by atoms with Crippen LogP contribution in [0.4, 0.5) is 0 Å². The standard InChI is InChI=1S/C11H18ClNO2S/c1-3-8(13)11(15-7-6-14-2)9-4-5-10(12)16-9/h4-5,8,11H,3,6-7,13H2,1-2H3. The minimum Gasteiger partial charge on any atom is -0.382 e. The molecule has 0 saturated carbocycles. The molecule has 16 heavy (non-hydrogen) atoms. The van der Waals surface area contributed by atoms with Crippen molar-refractivity contribution in [1.82, 2.24) is 0 Å². The third kappa shape index (κ3) is 4.03. The van der Waals surface area contributed by atoms with Crippen molar-refractivity contribution in [2.24, 2.45) is 5.73 Å². The lowest BCUT2D eigenvalue weighted by atomic mass is 10.1. The van der Waals surface area contributed by atoms with Crippen LogP contribution in [0.3, 0.4) is 0 Å². The summed E-state index contributed by atoms with van der Waals surface area (Å²) in [5, 5.41) is 0. The summed E-state index contributed by atoms with van der Waals surface area (Å²) in [6, 6.07) is 3.84. The van der Waals surface area contributed by atoms with Crippen LogP contribution >= 0.6 is 22.9 Å². The third-order valence-corrected chi connectivity index (χ3v) is 3.61. The van der Waals surface area contributed by atoms with Gasteiger partial charge in [0.2, 0.25) is 0 Å². The Bertz CT molecular complexity index is 306. The van der Waals surface area contributed by atoms with Gasteiger partial charge >= 0.3 is 0 Å². The highest BCUT2D eigenvalue weighted by Crippen LogP contribution is 2.31. The molecule has 1 rings (SSSR count). The summed E-state index contributed by atoms with van der Waals surface area (Å²) < 4.78 is 11.5. The smallest absolute Gasteiger partial charge is 0.107 e. The molecular formula is C11H18ClNO2S. The molecule has 0 bridgehead atoms. The van der Waals surface area contributed by atoms with Gasteiger partial charge in [0.05, 0.1) is 17.6 Å². The molecule has 0 amide bonds. The maximum absolute atomic E-state index is 6.04. The molecule has 2 N–H and O–H groups in total. The first-order valence-corrected chi connectivity index (χ1v) is 6.49. The van der Waals surface area contributed by atoms with Crippen LogP contribution in [-0.4, -0.2) is 26.4 Å². The Morgan fingerprint density at radius 3 is 2.69 bits per heavy atom. The maximum atomic E-state index is 6.04. The van der Waals surface area contributed by atoms with Crippen molar-refractivity contribution < 1.29 is 9.47 Å². The van der Waals surface area contributed by atoms with Gasteiger partial charge in [0.25, 0.3) is 0 Å². The number of methoxy groups -OCH3 is 1. The Balaban J connectivity index is 2.63. The van der Waals surface area contributed by atoms with Crippen LogP contribution in [0.25, 0.3) is 0 Å². The van der Waals surface area contributed by atoms with Crippen molar-refractivity contribution in [2.75, 3.05) is 20.3 Å². The van der Waals surface area contributed by atoms with E-state index in [4.69, 9.17) is 26.8 Å². The minimum atomic E-state index is -0.0855. The maximum Gasteiger partial charge on any atom is 0.107 e. The molecule has 3 nitrogen and oxygen atoms in total. The predicted molar refractivity (Wildman–Crippen MR) is 68.2 cm³/mol. The van der Waals surface area contributed by atoms with E-state index in [1.54, 1.807) is 7.11 Å². The van der Waals surface area contributed by atoms with Crippen molar-refractivity contribution in [2.45, 2.75) is 25.5 Å². The van der Waals surface area contributed by atoms with E-state index >= 15 is 0 Å². The van der Waals surface area contributed by atoms with Gasteiger partial charge in [-0.2, -0.15) is 0 Å². The van der Waals surface area contributed by atoms with E-state index in [-0.39, 0.29) is 12.1 Å². The number of halogens is 1. The molecule has 2 unspecified atom stereocenters. The number of nitrogens with two attached hydrogens (primary N) is 1. The summed E-state index contributed by atoms with van der Waals surface area (Å²) in [6.45, 7) is 3.17. The molecule has 1 aromatic heterocycles. The Kier molecular flexibility index (Phi) is 6.31. The summed E-state index contributed by atoms with van der Waals surface area (Å²) in [7, 11) is 1.65. The number of thiophene rings is 1. The Hall–Kier alpha value is -0.130. The molecule has 1 aromatic rings. The monoisotopic (exact) mass is 263 g/mol. The molecule has 2 atom stereocenters. The highest BCUT2D eigenvalue weighted by molar-refractivity contribution is 7.16. The molecule has 0 aliphatic rings. The first-order valence-electron chi connectivity index (χ1n) is 5.30. The molecule has 0 spiro atoms. The highest BCUT2D eigenvalue weighted by atomic mass is 35.5. The fraction of sp³-hybridized carbons (Fsp3) is 0.636. The average molecular weight is 264 g/mol. The molecule has 0 aliphatic heterocycles. The zero-order chi connectivity index (χ0) is 12.0. The van der Waals surface area contributed by atoms with Crippen molar-refractivity contribution in [3.05, 3.63) is 21.3 Å². The summed E-state index contributed by atoms with van der Waals surface area (Å²) in [5.41, 5.74) is 6.04. The van der Waals surface area contributed by atoms with Gasteiger partial charge in [0, 0.05) is 18.0 Å². The predicted octanol–water partition coefficient (Wildman–Crippen LogP) is 2.84. The van der Waals surface area contributed by atoms with Crippen molar-refractivity contribution in [3.8, 4) is 0 Å². The van der Waals surface area contributed by atoms with Gasteiger partial charge in [-0.05, 0) is 18.6 Å². The fourth-order valence-electron chi connectivity index (χ4n) is 1.37. The van der Waals surface area contributed by atoms with E-state index in [0.29, 0.717) is 13.2 Å². The lowest BCUT2D eigenvalue weighted by Gasteiger charge is -2.22. The third-order valence-electron chi connectivity index (χ3n) is 2.32. The van der Waals surface area contributed by atoms with E-state index < -0.39 is 0 Å². The number of hydrogen-bond donors (Lipinski definition) is 1. The van der Waals surface area contributed by atoms with Crippen molar-refractivity contribution in [3.63, 3.8) is 0 Å². The molecule has 0 aliphatic carbocycles. The van der Waals surface area contributed by atoms with Gasteiger partial charge in [-0.1, -0.05) is 18.5 Å². The van der Waals surface area contributed by atoms with Gasteiger partial charge < -0.3 is 15.2 Å². The zero-order valence-electron chi connectivity index (χ0n) is 9.61. The van der Waals surface area contributed by atoms with E-state index in [9.17, 15) is 0 Å². The molecular weight excluding hydrogens is 246 g/mol. The van der Waals surface area contributed by atoms with Gasteiger partial charge in [0.1, 0.15) is 6.10 Å². The lowest BCUT2D eigenvalue weighted by molar-refractivity contribution is 0.00454. The Morgan fingerprint density at radius 1 is 1.44 bits per heavy atom. The largest absolute Gasteiger partial charge is 0.382 e. The highest BCUT2D eigenvalue weighted by Gasteiger charge is 2.20. The van der Waals surface area contributed by atoms with Gasteiger partial charge in [-0.15, -0.1) is 11.3 Å². The molecule has 5 heteroatoms. The quantitative estimate of drug-likeness (QED) is 0.770. The molecule has 92 valence electrons. The first-order chi connectivity index (χ1) is 7.69. The fourth-order valence-corrected chi connectivity index (χ4v) is 2.56. The molecule has 0 saturated heterocycles. The summed E-state index contributed by atoms with van der Waals surface area (Å²) >= 11 is 7.43. The van der Waals surface area contributed by atoms with Crippen LogP contribution in [-0.2, 0) is 9.47 Å². The molecule has 0 aromatic carbocycles. The second-order valence-electron chi connectivity index (χ2n) is 3.50. The SMILES string of the molecule is CCC(N)C(OCCOC)c1ccc(Cl)s1. The number of ether oxygens (including phenoxy) is 2. The van der Waals surface area contributed by atoms with E-state index in [2.05, 4.69) is 0 Å². The summed E-state index contributed by atoms with van der Waals surface area (Å²) in [5.74, 6) is 0. The average Bonchev–Trinajstić information content (AvgIpc) is 2.70. The van der Waals surface area contributed by atoms with Gasteiger partial charge in [-0.3, -0.25) is 0 Å². The lowest BCUT2D eigenvalue weighted by Crippen LogP contribution is -2.29. The second kappa shape index (κ2) is 7.25.